The average molecular weight is 849 g/mol. The maximum absolute atomic E-state index is 12.8. The number of carbonyl (C=O) groups is 3. The molecule has 0 saturated heterocycles. The first-order chi connectivity index (χ1) is 29.5. The lowest BCUT2D eigenvalue weighted by molar-refractivity contribution is -0.167. The topological polar surface area (TPSA) is 78.9 Å². The quantitative estimate of drug-likeness (QED) is 0.0345. The molecule has 6 nitrogen and oxygen atoms in total. The molecule has 0 heterocycles. The van der Waals surface area contributed by atoms with Crippen LogP contribution in [0, 0.1) is 0 Å². The van der Waals surface area contributed by atoms with Gasteiger partial charge in [0, 0.05) is 19.3 Å². The zero-order chi connectivity index (χ0) is 43.7. The van der Waals surface area contributed by atoms with Crippen molar-refractivity contribution in [2.75, 3.05) is 13.2 Å². The van der Waals surface area contributed by atoms with Crippen LogP contribution in [-0.2, 0) is 28.6 Å². The minimum absolute atomic E-state index is 0.0616. The summed E-state index contributed by atoms with van der Waals surface area (Å²) in [5.74, 6) is -0.840. The van der Waals surface area contributed by atoms with Crippen molar-refractivity contribution in [1.82, 2.24) is 0 Å². The largest absolute Gasteiger partial charge is 0.462 e. The highest BCUT2D eigenvalue weighted by molar-refractivity contribution is 5.71. The molecule has 0 rings (SSSR count). The Morgan fingerprint density at radius 2 is 0.450 bits per heavy atom. The number of rotatable bonds is 50. The van der Waals surface area contributed by atoms with Gasteiger partial charge in [-0.2, -0.15) is 0 Å². The first-order valence-corrected chi connectivity index (χ1v) is 27.0. The van der Waals surface area contributed by atoms with Crippen molar-refractivity contribution in [3.63, 3.8) is 0 Å². The third-order valence-corrected chi connectivity index (χ3v) is 12.4. The molecule has 0 spiro atoms. The second kappa shape index (κ2) is 50.1. The Kier molecular flexibility index (Phi) is 48.7. The normalized spacial score (nSPS) is 11.8. The maximum atomic E-state index is 12.8. The van der Waals surface area contributed by atoms with Crippen LogP contribution < -0.4 is 0 Å². The third kappa shape index (κ3) is 47.5. The van der Waals surface area contributed by atoms with Crippen LogP contribution in [0.5, 0.6) is 0 Å². The van der Waals surface area contributed by atoms with Crippen molar-refractivity contribution in [1.29, 1.82) is 0 Å². The van der Waals surface area contributed by atoms with Crippen molar-refractivity contribution in [2.45, 2.75) is 316 Å². The van der Waals surface area contributed by atoms with E-state index in [1.807, 2.05) is 0 Å². The summed E-state index contributed by atoms with van der Waals surface area (Å²) in [5.41, 5.74) is 0. The van der Waals surface area contributed by atoms with Gasteiger partial charge >= 0.3 is 17.9 Å². The summed E-state index contributed by atoms with van der Waals surface area (Å²) in [4.78, 5) is 37.9. The van der Waals surface area contributed by atoms with E-state index in [0.717, 1.165) is 57.8 Å². The van der Waals surface area contributed by atoms with E-state index in [1.54, 1.807) is 0 Å². The summed E-state index contributed by atoms with van der Waals surface area (Å²) in [7, 11) is 0. The van der Waals surface area contributed by atoms with Crippen LogP contribution in [0.1, 0.15) is 310 Å². The van der Waals surface area contributed by atoms with Gasteiger partial charge in [0.05, 0.1) is 0 Å². The van der Waals surface area contributed by atoms with Gasteiger partial charge in [0.15, 0.2) is 6.10 Å². The van der Waals surface area contributed by atoms with E-state index in [0.29, 0.717) is 19.3 Å². The van der Waals surface area contributed by atoms with E-state index in [2.05, 4.69) is 20.8 Å². The van der Waals surface area contributed by atoms with Crippen LogP contribution in [0.3, 0.4) is 0 Å². The van der Waals surface area contributed by atoms with Gasteiger partial charge in [0.2, 0.25) is 0 Å². The summed E-state index contributed by atoms with van der Waals surface area (Å²) in [6.07, 6.45) is 53.7. The third-order valence-electron chi connectivity index (χ3n) is 12.4. The fourth-order valence-electron chi connectivity index (χ4n) is 8.27. The number of carbonyl (C=O) groups excluding carboxylic acids is 3. The minimum atomic E-state index is -0.759. The molecule has 0 amide bonds. The van der Waals surface area contributed by atoms with Gasteiger partial charge < -0.3 is 14.2 Å². The van der Waals surface area contributed by atoms with E-state index >= 15 is 0 Å². The van der Waals surface area contributed by atoms with Crippen molar-refractivity contribution >= 4 is 17.9 Å². The molecule has 356 valence electrons. The lowest BCUT2D eigenvalue weighted by Gasteiger charge is -2.18. The molecule has 0 N–H and O–H groups in total. The summed E-state index contributed by atoms with van der Waals surface area (Å²) in [6.45, 7) is 6.68. The second-order valence-corrected chi connectivity index (χ2v) is 18.5. The van der Waals surface area contributed by atoms with Gasteiger partial charge in [-0.3, -0.25) is 14.4 Å². The predicted octanol–water partition coefficient (Wildman–Crippen LogP) is 17.6. The van der Waals surface area contributed by atoms with Gasteiger partial charge in [-0.15, -0.1) is 0 Å². The standard InChI is InChI=1S/C54H104O6/c1-4-7-10-13-16-19-22-24-26-27-28-29-31-32-35-38-41-44-47-53(56)59-50-51(49-58-52(55)46-43-40-37-34-21-18-15-12-9-6-3)60-54(57)48-45-42-39-36-33-30-25-23-20-17-14-11-8-5-2/h51H,4-50H2,1-3H3. The van der Waals surface area contributed by atoms with Gasteiger partial charge in [-0.1, -0.05) is 271 Å². The van der Waals surface area contributed by atoms with Crippen molar-refractivity contribution in [2.24, 2.45) is 0 Å². The summed E-state index contributed by atoms with van der Waals surface area (Å²) in [6, 6.07) is 0. The first-order valence-electron chi connectivity index (χ1n) is 27.0. The molecule has 60 heavy (non-hydrogen) atoms. The van der Waals surface area contributed by atoms with E-state index in [-0.39, 0.29) is 31.1 Å². The molecule has 0 aromatic heterocycles. The molecule has 0 aliphatic rings. The molecule has 0 fully saturated rings. The molecule has 1 atom stereocenters. The average Bonchev–Trinajstić information content (AvgIpc) is 3.24. The zero-order valence-corrected chi connectivity index (χ0v) is 40.8. The van der Waals surface area contributed by atoms with Crippen molar-refractivity contribution in [3.8, 4) is 0 Å². The Morgan fingerprint density at radius 3 is 0.667 bits per heavy atom. The molecule has 0 aromatic rings. The smallest absolute Gasteiger partial charge is 0.306 e. The Labute approximate surface area is 374 Å². The fourth-order valence-corrected chi connectivity index (χ4v) is 8.27. The van der Waals surface area contributed by atoms with Crippen LogP contribution in [0.4, 0.5) is 0 Å². The molecule has 0 aromatic carbocycles. The molecular formula is C54H104O6. The van der Waals surface area contributed by atoms with Crippen LogP contribution in [0.15, 0.2) is 0 Å². The number of hydrogen-bond acceptors (Lipinski definition) is 6. The van der Waals surface area contributed by atoms with E-state index in [1.165, 1.54) is 212 Å². The fraction of sp³-hybridized carbons (Fsp3) is 0.944. The lowest BCUT2D eigenvalue weighted by Crippen LogP contribution is -2.30. The number of hydrogen-bond donors (Lipinski definition) is 0. The van der Waals surface area contributed by atoms with Crippen LogP contribution in [-0.4, -0.2) is 37.2 Å². The Bertz CT molecular complexity index is 889. The van der Waals surface area contributed by atoms with Crippen LogP contribution in [0.2, 0.25) is 0 Å². The molecule has 1 unspecified atom stereocenters. The number of ether oxygens (including phenoxy) is 3. The maximum Gasteiger partial charge on any atom is 0.306 e. The molecule has 6 heteroatoms. The second-order valence-electron chi connectivity index (χ2n) is 18.5. The minimum Gasteiger partial charge on any atom is -0.462 e. The Balaban J connectivity index is 4.24. The van der Waals surface area contributed by atoms with E-state index in [9.17, 15) is 14.4 Å². The Hall–Kier alpha value is -1.59. The van der Waals surface area contributed by atoms with E-state index in [4.69, 9.17) is 14.2 Å². The number of esters is 3. The van der Waals surface area contributed by atoms with Crippen LogP contribution >= 0.6 is 0 Å². The van der Waals surface area contributed by atoms with Crippen molar-refractivity contribution in [3.05, 3.63) is 0 Å². The van der Waals surface area contributed by atoms with Crippen LogP contribution in [0.25, 0.3) is 0 Å². The highest BCUT2D eigenvalue weighted by atomic mass is 16.6. The summed E-state index contributed by atoms with van der Waals surface area (Å²) < 4.78 is 16.8. The highest BCUT2D eigenvalue weighted by Crippen LogP contribution is 2.17. The van der Waals surface area contributed by atoms with E-state index < -0.39 is 6.10 Å². The highest BCUT2D eigenvalue weighted by Gasteiger charge is 2.19. The first kappa shape index (κ1) is 58.4. The molecular weight excluding hydrogens is 745 g/mol. The Morgan fingerprint density at radius 1 is 0.267 bits per heavy atom. The zero-order valence-electron chi connectivity index (χ0n) is 40.8. The monoisotopic (exact) mass is 849 g/mol. The van der Waals surface area contributed by atoms with Crippen molar-refractivity contribution < 1.29 is 28.6 Å². The van der Waals surface area contributed by atoms with Gasteiger partial charge in [-0.25, -0.2) is 0 Å². The summed E-state index contributed by atoms with van der Waals surface area (Å²) in [5, 5.41) is 0. The molecule has 0 bridgehead atoms. The van der Waals surface area contributed by atoms with Gasteiger partial charge in [0.1, 0.15) is 13.2 Å². The molecule has 0 aliphatic carbocycles. The summed E-state index contributed by atoms with van der Waals surface area (Å²) >= 11 is 0. The van der Waals surface area contributed by atoms with Gasteiger partial charge in [-0.05, 0) is 19.3 Å². The SMILES string of the molecule is CCCCCCCCCCCCCCCCCCCCC(=O)OCC(COC(=O)CCCCCCCCCCCC)OC(=O)CCCCCCCCCCCCCCCC. The molecule has 0 saturated carbocycles. The predicted molar refractivity (Wildman–Crippen MR) is 257 cm³/mol. The molecule has 0 radical (unpaired) electrons. The molecule has 0 aliphatic heterocycles. The lowest BCUT2D eigenvalue weighted by atomic mass is 10.0. The van der Waals surface area contributed by atoms with Gasteiger partial charge in [0.25, 0.3) is 0 Å². The number of unbranched alkanes of at least 4 members (excludes halogenated alkanes) is 39.